The molecule has 9 nitrogen and oxygen atoms in total. The van der Waals surface area contributed by atoms with Crippen LogP contribution in [0.1, 0.15) is 60.8 Å². The number of methoxy groups -OCH3 is 1. The van der Waals surface area contributed by atoms with E-state index >= 15 is 0 Å². The van der Waals surface area contributed by atoms with Crippen LogP contribution in [0.15, 0.2) is 36.5 Å². The van der Waals surface area contributed by atoms with Gasteiger partial charge in [-0.3, -0.25) is 4.90 Å². The molecular formula is C27H28F6N6O3. The third-order valence-electron chi connectivity index (χ3n) is 6.71. The van der Waals surface area contributed by atoms with E-state index in [9.17, 15) is 31.1 Å². The van der Waals surface area contributed by atoms with Crippen LogP contribution >= 0.6 is 0 Å². The quantitative estimate of drug-likeness (QED) is 0.301. The lowest BCUT2D eigenvalue weighted by molar-refractivity contribution is -0.143. The highest BCUT2D eigenvalue weighted by molar-refractivity contribution is 5.90. The molecule has 42 heavy (non-hydrogen) atoms. The molecule has 226 valence electrons. The Bertz CT molecular complexity index is 1420. The molecular weight excluding hydrogens is 570 g/mol. The first-order chi connectivity index (χ1) is 19.7. The number of nitrogen functional groups attached to an aromatic ring is 1. The van der Waals surface area contributed by atoms with Gasteiger partial charge in [-0.25, -0.2) is 19.7 Å². The van der Waals surface area contributed by atoms with Crippen molar-refractivity contribution in [3.8, 4) is 5.88 Å². The lowest BCUT2D eigenvalue weighted by Crippen LogP contribution is -2.46. The summed E-state index contributed by atoms with van der Waals surface area (Å²) in [5.41, 5.74) is 3.73. The van der Waals surface area contributed by atoms with Gasteiger partial charge in [0.15, 0.2) is 0 Å². The van der Waals surface area contributed by atoms with Crippen molar-refractivity contribution >= 4 is 23.4 Å². The number of aromatic nitrogens is 3. The van der Waals surface area contributed by atoms with E-state index in [4.69, 9.17) is 15.2 Å². The number of halogens is 6. The van der Waals surface area contributed by atoms with Crippen molar-refractivity contribution in [1.82, 2.24) is 15.0 Å². The molecule has 3 heterocycles. The first-order valence-electron chi connectivity index (χ1n) is 12.9. The van der Waals surface area contributed by atoms with Crippen LogP contribution < -0.4 is 20.7 Å². The Labute approximate surface area is 237 Å². The minimum absolute atomic E-state index is 0.0160. The number of carbonyl (C=O) groups excluding carboxylic acids is 1. The molecule has 0 saturated heterocycles. The van der Waals surface area contributed by atoms with Gasteiger partial charge in [-0.2, -0.15) is 26.3 Å². The highest BCUT2D eigenvalue weighted by atomic mass is 19.4. The Balaban J connectivity index is 1.69. The van der Waals surface area contributed by atoms with E-state index < -0.39 is 42.0 Å². The Morgan fingerprint density at radius 2 is 1.74 bits per heavy atom. The fourth-order valence-electron chi connectivity index (χ4n) is 4.73. The predicted molar refractivity (Wildman–Crippen MR) is 141 cm³/mol. The Morgan fingerprint density at radius 1 is 1.07 bits per heavy atom. The van der Waals surface area contributed by atoms with E-state index in [1.54, 1.807) is 19.1 Å². The van der Waals surface area contributed by atoms with Crippen LogP contribution in [0.25, 0.3) is 0 Å². The van der Waals surface area contributed by atoms with Crippen LogP contribution in [0.5, 0.6) is 5.88 Å². The number of nitrogens with two attached hydrogens (primary N) is 1. The maximum absolute atomic E-state index is 13.4. The van der Waals surface area contributed by atoms with E-state index in [0.29, 0.717) is 36.4 Å². The van der Waals surface area contributed by atoms with Crippen LogP contribution in [-0.4, -0.2) is 40.8 Å². The van der Waals surface area contributed by atoms with Crippen molar-refractivity contribution in [3.63, 3.8) is 0 Å². The molecule has 0 spiro atoms. The number of hydrogen-bond acceptors (Lipinski definition) is 8. The number of benzene rings is 1. The molecule has 1 amide bonds. The fourth-order valence-corrected chi connectivity index (χ4v) is 4.73. The number of nitrogens with zero attached hydrogens (tertiary/aromatic N) is 4. The number of pyridine rings is 1. The van der Waals surface area contributed by atoms with Gasteiger partial charge in [-0.1, -0.05) is 6.92 Å². The first-order valence-corrected chi connectivity index (χ1v) is 12.9. The van der Waals surface area contributed by atoms with Crippen molar-refractivity contribution in [2.45, 2.75) is 57.5 Å². The lowest BCUT2D eigenvalue weighted by Gasteiger charge is -2.39. The number of anilines is 3. The Morgan fingerprint density at radius 3 is 2.31 bits per heavy atom. The van der Waals surface area contributed by atoms with Gasteiger partial charge < -0.3 is 20.5 Å². The SMILES string of the molecule is CCOC(=O)N1c2ccc(OC)nc2[C@@H](Nc2ncc(N)c(Cc3cc(C(F)(F)F)cc(C(F)(F)F)c3)n2)C[C@H]1CC. The summed E-state index contributed by atoms with van der Waals surface area (Å²) in [6.07, 6.45) is -8.81. The zero-order chi connectivity index (χ0) is 30.8. The molecule has 2 atom stereocenters. The number of fused-ring (bicyclic) bond motifs is 1. The summed E-state index contributed by atoms with van der Waals surface area (Å²) in [6.45, 7) is 3.77. The number of amides is 1. The fraction of sp³-hybridized carbons (Fsp3) is 0.407. The van der Waals surface area contributed by atoms with E-state index in [1.165, 1.54) is 18.2 Å². The second-order valence-electron chi connectivity index (χ2n) is 9.51. The molecule has 0 unspecified atom stereocenters. The van der Waals surface area contributed by atoms with E-state index in [-0.39, 0.29) is 47.5 Å². The zero-order valence-electron chi connectivity index (χ0n) is 22.8. The monoisotopic (exact) mass is 598 g/mol. The van der Waals surface area contributed by atoms with Gasteiger partial charge in [0, 0.05) is 18.5 Å². The Kier molecular flexibility index (Phi) is 8.68. The maximum atomic E-state index is 13.4. The van der Waals surface area contributed by atoms with Gasteiger partial charge >= 0.3 is 18.4 Å². The van der Waals surface area contributed by atoms with Crippen LogP contribution in [0.3, 0.4) is 0 Å². The predicted octanol–water partition coefficient (Wildman–Crippen LogP) is 6.39. The molecule has 15 heteroatoms. The number of hydrogen-bond donors (Lipinski definition) is 2. The topological polar surface area (TPSA) is 115 Å². The normalized spacial score (nSPS) is 17.0. The molecule has 2 aromatic heterocycles. The first kappa shape index (κ1) is 30.7. The van der Waals surface area contributed by atoms with Crippen molar-refractivity contribution in [2.75, 3.05) is 29.7 Å². The molecule has 1 aliphatic heterocycles. The van der Waals surface area contributed by atoms with Gasteiger partial charge in [-0.05, 0) is 49.6 Å². The average Bonchev–Trinajstić information content (AvgIpc) is 2.93. The van der Waals surface area contributed by atoms with Gasteiger partial charge in [0.2, 0.25) is 11.8 Å². The lowest BCUT2D eigenvalue weighted by atomic mass is 9.93. The molecule has 0 radical (unpaired) electrons. The summed E-state index contributed by atoms with van der Waals surface area (Å²) in [5, 5.41) is 3.13. The highest BCUT2D eigenvalue weighted by Crippen LogP contribution is 2.40. The van der Waals surface area contributed by atoms with Crippen LogP contribution in [-0.2, 0) is 23.5 Å². The van der Waals surface area contributed by atoms with Crippen LogP contribution in [0.2, 0.25) is 0 Å². The van der Waals surface area contributed by atoms with Gasteiger partial charge in [0.1, 0.15) is 0 Å². The molecule has 4 rings (SSSR count). The van der Waals surface area contributed by atoms with Gasteiger partial charge in [0.05, 0.1) is 59.8 Å². The molecule has 0 saturated carbocycles. The van der Waals surface area contributed by atoms with E-state index in [2.05, 4.69) is 20.3 Å². The summed E-state index contributed by atoms with van der Waals surface area (Å²) in [7, 11) is 1.44. The van der Waals surface area contributed by atoms with Crippen molar-refractivity contribution in [1.29, 1.82) is 0 Å². The molecule has 0 aliphatic carbocycles. The molecule has 3 aromatic rings. The zero-order valence-corrected chi connectivity index (χ0v) is 22.8. The summed E-state index contributed by atoms with van der Waals surface area (Å²) in [4.78, 5) is 27.3. The summed E-state index contributed by atoms with van der Waals surface area (Å²) in [5.74, 6) is 0.297. The van der Waals surface area contributed by atoms with Crippen molar-refractivity contribution < 1.29 is 40.6 Å². The third kappa shape index (κ3) is 6.60. The number of rotatable bonds is 7. The number of ether oxygens (including phenoxy) is 2. The molecule has 1 aromatic carbocycles. The standard InChI is InChI=1S/C27H28F6N6O3/c1-4-17-12-20(23-21(6-7-22(38-23)41-3)39(17)25(40)42-5-2)37-24-35-13-18(34)19(36-24)10-14-8-15(26(28,29)30)11-16(9-14)27(31,32)33/h6-9,11,13,17,20H,4-5,10,12,34H2,1-3H3,(H,35,36,37)/t17-,20+/m1/s1. The number of carbonyl (C=O) groups is 1. The van der Waals surface area contributed by atoms with Crippen molar-refractivity contribution in [2.24, 2.45) is 0 Å². The third-order valence-corrected chi connectivity index (χ3v) is 6.71. The molecule has 1 aliphatic rings. The molecule has 0 fully saturated rings. The molecule has 3 N–H and O–H groups in total. The van der Waals surface area contributed by atoms with Crippen LogP contribution in [0, 0.1) is 0 Å². The van der Waals surface area contributed by atoms with E-state index in [0.717, 1.165) is 0 Å². The minimum atomic E-state index is -4.99. The second kappa shape index (κ2) is 11.9. The molecule has 0 bridgehead atoms. The number of alkyl halides is 6. The van der Waals surface area contributed by atoms with E-state index in [1.807, 2.05) is 6.92 Å². The van der Waals surface area contributed by atoms with Crippen LogP contribution in [0.4, 0.5) is 48.5 Å². The minimum Gasteiger partial charge on any atom is -0.481 e. The largest absolute Gasteiger partial charge is 0.481 e. The maximum Gasteiger partial charge on any atom is 0.416 e. The summed E-state index contributed by atoms with van der Waals surface area (Å²) < 4.78 is 90.7. The number of nitrogens with one attached hydrogen (secondary N) is 1. The second-order valence-corrected chi connectivity index (χ2v) is 9.51. The average molecular weight is 599 g/mol. The van der Waals surface area contributed by atoms with Crippen molar-refractivity contribution in [3.05, 3.63) is 64.6 Å². The summed E-state index contributed by atoms with van der Waals surface area (Å²) in [6, 6.07) is 3.75. The van der Waals surface area contributed by atoms with Gasteiger partial charge in [0.25, 0.3) is 0 Å². The Hall–Kier alpha value is -4.30. The smallest absolute Gasteiger partial charge is 0.416 e. The van der Waals surface area contributed by atoms with Gasteiger partial charge in [-0.15, -0.1) is 0 Å². The highest BCUT2D eigenvalue weighted by Gasteiger charge is 2.39. The summed E-state index contributed by atoms with van der Waals surface area (Å²) >= 11 is 0.